The van der Waals surface area contributed by atoms with Crippen molar-refractivity contribution in [3.8, 4) is 0 Å². The molecule has 2 aliphatic heterocycles. The Kier molecular flexibility index (Phi) is 6.45. The van der Waals surface area contributed by atoms with Crippen LogP contribution < -0.4 is 11.1 Å². The molecule has 36 heavy (non-hydrogen) atoms. The number of cyclic esters (lactones) is 1. The molecule has 13 nitrogen and oxygen atoms in total. The van der Waals surface area contributed by atoms with Gasteiger partial charge < -0.3 is 35.5 Å². The van der Waals surface area contributed by atoms with E-state index in [1.807, 2.05) is 0 Å². The highest BCUT2D eigenvalue weighted by molar-refractivity contribution is 6.34. The van der Waals surface area contributed by atoms with E-state index in [1.54, 1.807) is 24.3 Å². The van der Waals surface area contributed by atoms with E-state index in [2.05, 4.69) is 20.3 Å². The summed E-state index contributed by atoms with van der Waals surface area (Å²) in [7, 11) is 0. The fourth-order valence-electron chi connectivity index (χ4n) is 4.03. The fourth-order valence-corrected chi connectivity index (χ4v) is 4.26. The Morgan fingerprint density at radius 3 is 2.86 bits per heavy atom. The zero-order chi connectivity index (χ0) is 25.4. The zero-order valence-corrected chi connectivity index (χ0v) is 19.3. The molecule has 5 N–H and O–H groups in total. The second-order valence-corrected chi connectivity index (χ2v) is 8.48. The van der Waals surface area contributed by atoms with E-state index in [1.165, 1.54) is 17.2 Å². The number of carbonyl (C=O) groups is 2. The third-order valence-electron chi connectivity index (χ3n) is 5.84. The molecule has 0 unspecified atom stereocenters. The summed E-state index contributed by atoms with van der Waals surface area (Å²) >= 11 is 6.18. The van der Waals surface area contributed by atoms with Gasteiger partial charge in [0.2, 0.25) is 0 Å². The predicted molar refractivity (Wildman–Crippen MR) is 124 cm³/mol. The van der Waals surface area contributed by atoms with Crippen molar-refractivity contribution in [2.75, 3.05) is 25.5 Å². The zero-order valence-electron chi connectivity index (χ0n) is 18.6. The average Bonchev–Trinajstić information content (AvgIpc) is 3.54. The number of fused-ring (bicyclic) bond motifs is 1. The van der Waals surface area contributed by atoms with Gasteiger partial charge in [0.25, 0.3) is 5.91 Å². The smallest absolute Gasteiger partial charge is 0.342 e. The van der Waals surface area contributed by atoms with Gasteiger partial charge in [-0.25, -0.2) is 19.7 Å². The molecule has 1 fully saturated rings. The Bertz CT molecular complexity index is 1360. The number of hydrogen-bond donors (Lipinski definition) is 4. The molecule has 4 heterocycles. The Morgan fingerprint density at radius 2 is 2.06 bits per heavy atom. The van der Waals surface area contributed by atoms with Crippen LogP contribution in [0.5, 0.6) is 0 Å². The highest BCUT2D eigenvalue weighted by Crippen LogP contribution is 2.33. The lowest BCUT2D eigenvalue weighted by Gasteiger charge is -2.16. The molecule has 5 rings (SSSR count). The highest BCUT2D eigenvalue weighted by Gasteiger charge is 2.44. The number of aliphatic hydroxyl groups is 2. The quantitative estimate of drug-likeness (QED) is 0.304. The number of aliphatic hydroxyl groups excluding tert-OH is 2. The topological polar surface area (TPSA) is 184 Å². The number of nitrogens with zero attached hydrogens (tertiary/aromatic N) is 4. The number of rotatable bonds is 7. The number of ether oxygens (including phenoxy) is 3. The first-order valence-electron chi connectivity index (χ1n) is 10.8. The maximum Gasteiger partial charge on any atom is 0.342 e. The minimum absolute atomic E-state index is 0.119. The van der Waals surface area contributed by atoms with Crippen molar-refractivity contribution >= 4 is 46.0 Å². The predicted octanol–water partition coefficient (Wildman–Crippen LogP) is -0.218. The van der Waals surface area contributed by atoms with Crippen LogP contribution in [0, 0.1) is 0 Å². The SMILES string of the molecule is Nc1ncnc2c1ncn2[C@@H]1O[C@H](CNC(=O)COC2=C(c3ccccc3Cl)C(=O)OC2)[C@@H](O)[C@H]1O. The molecule has 4 atom stereocenters. The number of esters is 1. The average molecular weight is 517 g/mol. The number of imidazole rings is 1. The Balaban J connectivity index is 1.21. The summed E-state index contributed by atoms with van der Waals surface area (Å²) in [6.07, 6.45) is -1.94. The van der Waals surface area contributed by atoms with Crippen molar-refractivity contribution in [2.45, 2.75) is 24.5 Å². The first-order chi connectivity index (χ1) is 17.3. The molecule has 188 valence electrons. The molecule has 14 heteroatoms. The molecule has 0 radical (unpaired) electrons. The number of aromatic nitrogens is 4. The van der Waals surface area contributed by atoms with Crippen LogP contribution in [0.1, 0.15) is 11.8 Å². The van der Waals surface area contributed by atoms with Crippen LogP contribution in [-0.4, -0.2) is 79.7 Å². The molecular formula is C22H21ClN6O7. The van der Waals surface area contributed by atoms with Gasteiger partial charge in [0.15, 0.2) is 24.3 Å². The second-order valence-electron chi connectivity index (χ2n) is 8.08. The number of carbonyl (C=O) groups excluding carboxylic acids is 2. The van der Waals surface area contributed by atoms with Crippen molar-refractivity contribution in [3.05, 3.63) is 53.3 Å². The molecular weight excluding hydrogens is 496 g/mol. The van der Waals surface area contributed by atoms with Gasteiger partial charge in [0, 0.05) is 17.1 Å². The van der Waals surface area contributed by atoms with Gasteiger partial charge in [-0.1, -0.05) is 29.8 Å². The summed E-state index contributed by atoms with van der Waals surface area (Å²) in [5, 5.41) is 23.9. The summed E-state index contributed by atoms with van der Waals surface area (Å²) in [5.74, 6) is -0.787. The molecule has 0 spiro atoms. The van der Waals surface area contributed by atoms with Crippen molar-refractivity contribution in [1.82, 2.24) is 24.8 Å². The van der Waals surface area contributed by atoms with E-state index >= 15 is 0 Å². The molecule has 0 saturated carbocycles. The van der Waals surface area contributed by atoms with Crippen LogP contribution >= 0.6 is 11.6 Å². The Labute approximate surface area is 208 Å². The van der Waals surface area contributed by atoms with E-state index in [9.17, 15) is 19.8 Å². The third kappa shape index (κ3) is 4.33. The van der Waals surface area contributed by atoms with Gasteiger partial charge in [0.1, 0.15) is 48.1 Å². The number of nitrogen functional groups attached to an aromatic ring is 1. The maximum atomic E-state index is 12.4. The number of amides is 1. The summed E-state index contributed by atoms with van der Waals surface area (Å²) in [6.45, 7) is -0.665. The first kappa shape index (κ1) is 23.9. The molecule has 0 bridgehead atoms. The molecule has 1 amide bonds. The van der Waals surface area contributed by atoms with Crippen molar-refractivity contribution in [3.63, 3.8) is 0 Å². The van der Waals surface area contributed by atoms with E-state index in [0.717, 1.165) is 0 Å². The van der Waals surface area contributed by atoms with Crippen LogP contribution in [0.25, 0.3) is 16.7 Å². The van der Waals surface area contributed by atoms with E-state index in [4.69, 9.17) is 31.5 Å². The van der Waals surface area contributed by atoms with Gasteiger partial charge in [-0.3, -0.25) is 9.36 Å². The third-order valence-corrected chi connectivity index (χ3v) is 6.17. The van der Waals surface area contributed by atoms with Crippen molar-refractivity contribution in [2.24, 2.45) is 0 Å². The van der Waals surface area contributed by atoms with E-state index in [-0.39, 0.29) is 30.3 Å². The number of nitrogens with one attached hydrogen (secondary N) is 1. The Hall–Kier alpha value is -3.78. The number of hydrogen-bond acceptors (Lipinski definition) is 11. The largest absolute Gasteiger partial charge is 0.484 e. The maximum absolute atomic E-state index is 12.4. The summed E-state index contributed by atoms with van der Waals surface area (Å²) in [5.41, 5.74) is 7.05. The lowest BCUT2D eigenvalue weighted by molar-refractivity contribution is -0.134. The molecule has 3 aromatic rings. The lowest BCUT2D eigenvalue weighted by Crippen LogP contribution is -2.40. The number of anilines is 1. The second kappa shape index (κ2) is 9.70. The van der Waals surface area contributed by atoms with Gasteiger partial charge in [0.05, 0.1) is 6.33 Å². The number of halogens is 1. The number of nitrogens with two attached hydrogens (primary N) is 1. The fraction of sp³-hybridized carbons (Fsp3) is 0.318. The van der Waals surface area contributed by atoms with Crippen molar-refractivity contribution < 1.29 is 34.0 Å². The molecule has 1 aromatic carbocycles. The van der Waals surface area contributed by atoms with Crippen LogP contribution in [0.4, 0.5) is 5.82 Å². The highest BCUT2D eigenvalue weighted by atomic mass is 35.5. The van der Waals surface area contributed by atoms with Crippen LogP contribution in [0.15, 0.2) is 42.7 Å². The van der Waals surface area contributed by atoms with Gasteiger partial charge in [-0.05, 0) is 6.07 Å². The van der Waals surface area contributed by atoms with Crippen LogP contribution in [0.3, 0.4) is 0 Å². The molecule has 1 saturated heterocycles. The monoisotopic (exact) mass is 516 g/mol. The molecule has 2 aliphatic rings. The van der Waals surface area contributed by atoms with Gasteiger partial charge in [-0.15, -0.1) is 0 Å². The molecule has 0 aliphatic carbocycles. The molecule has 2 aromatic heterocycles. The normalized spacial score (nSPS) is 23.8. The van der Waals surface area contributed by atoms with Crippen LogP contribution in [-0.2, 0) is 23.8 Å². The summed E-state index contributed by atoms with van der Waals surface area (Å²) in [4.78, 5) is 36.7. The van der Waals surface area contributed by atoms with Gasteiger partial charge in [-0.2, -0.15) is 0 Å². The minimum atomic E-state index is -1.32. The Morgan fingerprint density at radius 1 is 1.25 bits per heavy atom. The summed E-state index contributed by atoms with van der Waals surface area (Å²) < 4.78 is 17.8. The van der Waals surface area contributed by atoms with E-state index in [0.29, 0.717) is 21.7 Å². The van der Waals surface area contributed by atoms with Crippen molar-refractivity contribution in [1.29, 1.82) is 0 Å². The standard InChI is InChI=1S/C22H21ClN6O7/c23-11-4-2-1-3-10(11)15-13(6-35-22(15)33)34-7-14(30)25-5-12-17(31)18(32)21(36-12)29-9-28-16-19(24)26-8-27-20(16)29/h1-4,8-9,12,17-18,21,31-32H,5-7H2,(H,25,30)(H2,24,26,27)/t12-,17-,18-,21-/m1/s1. The van der Waals surface area contributed by atoms with Gasteiger partial charge >= 0.3 is 5.97 Å². The summed E-state index contributed by atoms with van der Waals surface area (Å²) in [6, 6.07) is 6.72. The minimum Gasteiger partial charge on any atom is -0.484 e. The van der Waals surface area contributed by atoms with E-state index < -0.39 is 43.0 Å². The lowest BCUT2D eigenvalue weighted by atomic mass is 10.1. The van der Waals surface area contributed by atoms with Crippen LogP contribution in [0.2, 0.25) is 5.02 Å². The first-order valence-corrected chi connectivity index (χ1v) is 11.2. The number of benzene rings is 1.